The van der Waals surface area contributed by atoms with Gasteiger partial charge >= 0.3 is 5.97 Å². The summed E-state index contributed by atoms with van der Waals surface area (Å²) in [6, 6.07) is 2.38. The van der Waals surface area contributed by atoms with Crippen LogP contribution in [0.4, 0.5) is 0 Å². The van der Waals surface area contributed by atoms with Crippen LogP contribution in [0.5, 0.6) is 0 Å². The molecule has 0 fully saturated rings. The third-order valence-electron chi connectivity index (χ3n) is 3.34. The smallest absolute Gasteiger partial charge is 0.326 e. The molecule has 1 rings (SSSR count). The molecule has 6 nitrogen and oxygen atoms in total. The van der Waals surface area contributed by atoms with Crippen molar-refractivity contribution in [3.63, 3.8) is 0 Å². The fourth-order valence-corrected chi connectivity index (χ4v) is 1.93. The van der Waals surface area contributed by atoms with E-state index in [1.807, 2.05) is 6.92 Å². The number of nitrogens with one attached hydrogen (secondary N) is 1. The van der Waals surface area contributed by atoms with Gasteiger partial charge in [-0.3, -0.25) is 9.59 Å². The highest BCUT2D eigenvalue weighted by atomic mass is 16.4. The fraction of sp³-hybridized carbons (Fsp3) is 0.533. The van der Waals surface area contributed by atoms with Gasteiger partial charge in [-0.15, -0.1) is 0 Å². The molecule has 1 atom stereocenters. The average Bonchev–Trinajstić information content (AvgIpc) is 2.38. The zero-order valence-electron chi connectivity index (χ0n) is 12.8. The maximum absolute atomic E-state index is 12.2. The third kappa shape index (κ3) is 4.44. The van der Waals surface area contributed by atoms with Gasteiger partial charge in [0, 0.05) is 18.8 Å². The van der Waals surface area contributed by atoms with Crippen LogP contribution in [0.3, 0.4) is 0 Å². The molecule has 2 N–H and O–H groups in total. The van der Waals surface area contributed by atoms with Crippen LogP contribution in [0.25, 0.3) is 0 Å². The Morgan fingerprint density at radius 1 is 1.43 bits per heavy atom. The van der Waals surface area contributed by atoms with Crippen molar-refractivity contribution >= 4 is 11.9 Å². The number of nitrogens with zero attached hydrogens (tertiary/aromatic N) is 1. The summed E-state index contributed by atoms with van der Waals surface area (Å²) in [7, 11) is 0. The van der Waals surface area contributed by atoms with Crippen molar-refractivity contribution in [3.05, 3.63) is 34.2 Å². The van der Waals surface area contributed by atoms with E-state index in [-0.39, 0.29) is 18.0 Å². The summed E-state index contributed by atoms with van der Waals surface area (Å²) in [5.74, 6) is -1.45. The van der Waals surface area contributed by atoms with Crippen molar-refractivity contribution in [2.45, 2.75) is 46.7 Å². The highest BCUT2D eigenvalue weighted by molar-refractivity contribution is 5.86. The second-order valence-electron chi connectivity index (χ2n) is 5.83. The van der Waals surface area contributed by atoms with E-state index in [2.05, 4.69) is 5.32 Å². The molecule has 1 aromatic rings. The topological polar surface area (TPSA) is 88.4 Å². The maximum Gasteiger partial charge on any atom is 0.326 e. The Morgan fingerprint density at radius 2 is 2.05 bits per heavy atom. The number of carbonyl (C=O) groups is 2. The number of rotatable bonds is 6. The molecule has 0 aliphatic heterocycles. The van der Waals surface area contributed by atoms with Gasteiger partial charge in [0.1, 0.15) is 6.04 Å². The summed E-state index contributed by atoms with van der Waals surface area (Å²) < 4.78 is 1.45. The van der Waals surface area contributed by atoms with Gasteiger partial charge in [-0.2, -0.15) is 0 Å². The van der Waals surface area contributed by atoms with E-state index >= 15 is 0 Å². The van der Waals surface area contributed by atoms with Gasteiger partial charge in [0.15, 0.2) is 0 Å². The van der Waals surface area contributed by atoms with Crippen LogP contribution in [-0.2, 0) is 16.1 Å². The molecule has 0 spiro atoms. The van der Waals surface area contributed by atoms with E-state index < -0.39 is 17.4 Å². The number of hydrogen-bond acceptors (Lipinski definition) is 3. The number of aryl methyl sites for hydroxylation is 1. The van der Waals surface area contributed by atoms with Crippen LogP contribution in [-0.4, -0.2) is 27.6 Å². The normalized spacial score (nSPS) is 12.8. The van der Waals surface area contributed by atoms with Gasteiger partial charge in [0.2, 0.25) is 5.91 Å². The first kappa shape index (κ1) is 16.9. The van der Waals surface area contributed by atoms with Gasteiger partial charge in [-0.05, 0) is 38.8 Å². The lowest BCUT2D eigenvalue weighted by Gasteiger charge is -2.26. The second kappa shape index (κ2) is 6.56. The molecule has 116 valence electrons. The Bertz CT molecular complexity index is 590. The number of aliphatic carboxylic acids is 1. The van der Waals surface area contributed by atoms with Crippen molar-refractivity contribution in [1.82, 2.24) is 9.88 Å². The summed E-state index contributed by atoms with van der Waals surface area (Å²) in [6.07, 6.45) is 1.95. The first-order valence-electron chi connectivity index (χ1n) is 6.88. The molecular formula is C15H22N2O4. The number of carboxylic acid groups (broad SMARTS) is 1. The molecule has 1 amide bonds. The Kier molecular flexibility index (Phi) is 5.29. The van der Waals surface area contributed by atoms with E-state index in [0.29, 0.717) is 6.42 Å². The Morgan fingerprint density at radius 3 is 2.52 bits per heavy atom. The molecule has 0 aliphatic rings. The van der Waals surface area contributed by atoms with Crippen LogP contribution in [0.1, 0.15) is 32.8 Å². The van der Waals surface area contributed by atoms with Crippen LogP contribution in [0.2, 0.25) is 0 Å². The fourth-order valence-electron chi connectivity index (χ4n) is 1.93. The number of hydrogen-bond donors (Lipinski definition) is 2. The number of amides is 1. The average molecular weight is 294 g/mol. The first-order valence-corrected chi connectivity index (χ1v) is 6.88. The lowest BCUT2D eigenvalue weighted by atomic mass is 9.91. The van der Waals surface area contributed by atoms with Gasteiger partial charge < -0.3 is 15.0 Å². The summed E-state index contributed by atoms with van der Waals surface area (Å²) in [5, 5.41) is 11.5. The largest absolute Gasteiger partial charge is 0.480 e. The minimum Gasteiger partial charge on any atom is -0.480 e. The van der Waals surface area contributed by atoms with E-state index in [0.717, 1.165) is 5.56 Å². The molecule has 21 heavy (non-hydrogen) atoms. The lowest BCUT2D eigenvalue weighted by Crippen LogP contribution is -2.48. The second-order valence-corrected chi connectivity index (χ2v) is 5.83. The number of carbonyl (C=O) groups excluding carboxylic acids is 1. The van der Waals surface area contributed by atoms with Crippen LogP contribution in [0.15, 0.2) is 23.1 Å². The molecule has 0 aliphatic carbocycles. The minimum atomic E-state index is -1.06. The minimum absolute atomic E-state index is 0.179. The lowest BCUT2D eigenvalue weighted by molar-refractivity contribution is -0.143. The first-order chi connectivity index (χ1) is 9.67. The number of pyridine rings is 1. The predicted molar refractivity (Wildman–Crippen MR) is 79.1 cm³/mol. The van der Waals surface area contributed by atoms with E-state index in [1.54, 1.807) is 33.0 Å². The molecule has 6 heteroatoms. The highest BCUT2D eigenvalue weighted by Gasteiger charge is 2.31. The molecule has 1 heterocycles. The monoisotopic (exact) mass is 294 g/mol. The van der Waals surface area contributed by atoms with Crippen LogP contribution in [0, 0.1) is 12.3 Å². The van der Waals surface area contributed by atoms with Gasteiger partial charge in [0.05, 0.1) is 5.41 Å². The zero-order chi connectivity index (χ0) is 16.2. The Balaban J connectivity index is 2.87. The number of aromatic nitrogens is 1. The summed E-state index contributed by atoms with van der Waals surface area (Å²) in [6.45, 7) is 7.07. The predicted octanol–water partition coefficient (Wildman–Crippen LogP) is 1.16. The molecule has 1 unspecified atom stereocenters. The Hall–Kier alpha value is -2.11. The van der Waals surface area contributed by atoms with Crippen molar-refractivity contribution in [3.8, 4) is 0 Å². The molecule has 0 bridgehead atoms. The van der Waals surface area contributed by atoms with Crippen molar-refractivity contribution < 1.29 is 14.7 Å². The van der Waals surface area contributed by atoms with Gasteiger partial charge in [-0.25, -0.2) is 4.79 Å². The number of carboxylic acids is 1. The summed E-state index contributed by atoms with van der Waals surface area (Å²) in [5.41, 5.74) is -0.210. The van der Waals surface area contributed by atoms with E-state index in [1.165, 1.54) is 10.6 Å². The van der Waals surface area contributed by atoms with Crippen molar-refractivity contribution in [2.24, 2.45) is 5.41 Å². The summed E-state index contributed by atoms with van der Waals surface area (Å²) >= 11 is 0. The molecule has 1 aromatic heterocycles. The van der Waals surface area contributed by atoms with Crippen LogP contribution >= 0.6 is 0 Å². The molecule has 0 saturated carbocycles. The standard InChI is InChI=1S/C15H22N2O4/c1-5-11(13(19)20)16-14(21)15(3,4)9-17-7-6-10(2)8-12(17)18/h6-8,11H,5,9H2,1-4H3,(H,16,21)(H,19,20). The summed E-state index contributed by atoms with van der Waals surface area (Å²) in [4.78, 5) is 35.1. The van der Waals surface area contributed by atoms with Crippen molar-refractivity contribution in [2.75, 3.05) is 0 Å². The quantitative estimate of drug-likeness (QED) is 0.824. The Labute approximate surface area is 123 Å². The zero-order valence-corrected chi connectivity index (χ0v) is 12.8. The molecule has 0 saturated heterocycles. The molecule has 0 radical (unpaired) electrons. The third-order valence-corrected chi connectivity index (χ3v) is 3.34. The van der Waals surface area contributed by atoms with Gasteiger partial charge in [-0.1, -0.05) is 6.92 Å². The SMILES string of the molecule is CCC(NC(=O)C(C)(C)Cn1ccc(C)cc1=O)C(=O)O. The molecular weight excluding hydrogens is 272 g/mol. The van der Waals surface area contributed by atoms with Gasteiger partial charge in [0.25, 0.3) is 5.56 Å². The maximum atomic E-state index is 12.2. The van der Waals surface area contributed by atoms with Crippen LogP contribution < -0.4 is 10.9 Å². The highest BCUT2D eigenvalue weighted by Crippen LogP contribution is 2.18. The van der Waals surface area contributed by atoms with E-state index in [9.17, 15) is 14.4 Å². The van der Waals surface area contributed by atoms with Crippen molar-refractivity contribution in [1.29, 1.82) is 0 Å². The molecule has 0 aromatic carbocycles. The van der Waals surface area contributed by atoms with E-state index in [4.69, 9.17) is 5.11 Å².